The summed E-state index contributed by atoms with van der Waals surface area (Å²) in [6.07, 6.45) is 3.72. The molecule has 2 aromatic carbocycles. The van der Waals surface area contributed by atoms with Gasteiger partial charge >= 0.3 is 0 Å². The number of amides is 1. The van der Waals surface area contributed by atoms with Gasteiger partial charge in [-0.15, -0.1) is 0 Å². The quantitative estimate of drug-likeness (QED) is 0.568. The van der Waals surface area contributed by atoms with Crippen LogP contribution in [0.3, 0.4) is 0 Å². The summed E-state index contributed by atoms with van der Waals surface area (Å²) in [5.74, 6) is 1.35. The molecule has 0 fully saturated rings. The fourth-order valence-corrected chi connectivity index (χ4v) is 2.95. The van der Waals surface area contributed by atoms with Gasteiger partial charge in [-0.25, -0.2) is 4.98 Å². The second-order valence-corrected chi connectivity index (χ2v) is 6.10. The van der Waals surface area contributed by atoms with Gasteiger partial charge in [-0.3, -0.25) is 9.78 Å². The first-order valence-electron chi connectivity index (χ1n) is 8.55. The van der Waals surface area contributed by atoms with E-state index >= 15 is 0 Å². The molecule has 0 aliphatic heterocycles. The van der Waals surface area contributed by atoms with E-state index < -0.39 is 0 Å². The number of carbonyl (C=O) groups is 1. The number of methoxy groups -OCH3 is 1. The number of carbonyl (C=O) groups excluding carboxylic acids is 1. The number of aromatic nitrogens is 3. The van der Waals surface area contributed by atoms with Crippen LogP contribution in [0.2, 0.25) is 0 Å². The standard InChI is InChI=1S/C21H18N4O2/c1-27-19-7-3-2-5-14(19)11-20(26)23-16-8-9-17-18(12-16)25-21(24-17)15-6-4-10-22-13-15/h2-10,12-13H,11H2,1H3,(H,23,26)(H,24,25). The summed E-state index contributed by atoms with van der Waals surface area (Å²) < 4.78 is 5.30. The fourth-order valence-electron chi connectivity index (χ4n) is 2.95. The maximum atomic E-state index is 12.4. The number of nitrogens with zero attached hydrogens (tertiary/aromatic N) is 2. The second kappa shape index (κ2) is 7.29. The third kappa shape index (κ3) is 3.64. The minimum absolute atomic E-state index is 0.106. The van der Waals surface area contributed by atoms with Crippen molar-refractivity contribution < 1.29 is 9.53 Å². The highest BCUT2D eigenvalue weighted by Crippen LogP contribution is 2.23. The Balaban J connectivity index is 1.53. The molecule has 27 heavy (non-hydrogen) atoms. The van der Waals surface area contributed by atoms with E-state index in [9.17, 15) is 4.79 Å². The molecule has 134 valence electrons. The fraction of sp³-hybridized carbons (Fsp3) is 0.0952. The topological polar surface area (TPSA) is 79.9 Å². The highest BCUT2D eigenvalue weighted by Gasteiger charge is 2.10. The molecular formula is C21H18N4O2. The largest absolute Gasteiger partial charge is 0.496 e. The Morgan fingerprint density at radius 3 is 2.85 bits per heavy atom. The number of nitrogens with one attached hydrogen (secondary N) is 2. The van der Waals surface area contributed by atoms with Crippen LogP contribution in [-0.2, 0) is 11.2 Å². The van der Waals surface area contributed by atoms with E-state index in [0.717, 1.165) is 28.0 Å². The molecule has 2 aromatic heterocycles. The van der Waals surface area contributed by atoms with Crippen LogP contribution >= 0.6 is 0 Å². The van der Waals surface area contributed by atoms with Gasteiger partial charge in [0.15, 0.2) is 0 Å². The van der Waals surface area contributed by atoms with Gasteiger partial charge in [0.25, 0.3) is 0 Å². The molecule has 6 nitrogen and oxygen atoms in total. The van der Waals surface area contributed by atoms with Crippen LogP contribution in [0, 0.1) is 0 Å². The molecule has 0 radical (unpaired) electrons. The predicted molar refractivity (Wildman–Crippen MR) is 105 cm³/mol. The summed E-state index contributed by atoms with van der Waals surface area (Å²) in [6, 6.07) is 16.9. The Hall–Kier alpha value is -3.67. The maximum absolute atomic E-state index is 12.4. The molecular weight excluding hydrogens is 340 g/mol. The minimum Gasteiger partial charge on any atom is -0.496 e. The van der Waals surface area contributed by atoms with Crippen molar-refractivity contribution in [3.05, 3.63) is 72.6 Å². The van der Waals surface area contributed by atoms with Crippen LogP contribution in [0.1, 0.15) is 5.56 Å². The van der Waals surface area contributed by atoms with E-state index in [4.69, 9.17) is 4.74 Å². The van der Waals surface area contributed by atoms with Gasteiger partial charge in [-0.2, -0.15) is 0 Å². The van der Waals surface area contributed by atoms with Crippen LogP contribution in [0.5, 0.6) is 5.75 Å². The first-order chi connectivity index (χ1) is 13.2. The maximum Gasteiger partial charge on any atom is 0.228 e. The van der Waals surface area contributed by atoms with E-state index in [0.29, 0.717) is 11.4 Å². The van der Waals surface area contributed by atoms with Crippen LogP contribution in [0.25, 0.3) is 22.4 Å². The number of fused-ring (bicyclic) bond motifs is 1. The summed E-state index contributed by atoms with van der Waals surface area (Å²) in [7, 11) is 1.60. The number of hydrogen-bond acceptors (Lipinski definition) is 4. The van der Waals surface area contributed by atoms with E-state index in [-0.39, 0.29) is 12.3 Å². The van der Waals surface area contributed by atoms with Crippen molar-refractivity contribution in [1.29, 1.82) is 0 Å². The normalized spacial score (nSPS) is 10.7. The number of anilines is 1. The number of para-hydroxylation sites is 1. The molecule has 4 aromatic rings. The number of pyridine rings is 1. The molecule has 4 rings (SSSR count). The van der Waals surface area contributed by atoms with Gasteiger partial charge < -0.3 is 15.0 Å². The highest BCUT2D eigenvalue weighted by molar-refractivity contribution is 5.94. The lowest BCUT2D eigenvalue weighted by Crippen LogP contribution is -2.14. The lowest BCUT2D eigenvalue weighted by atomic mass is 10.1. The highest BCUT2D eigenvalue weighted by atomic mass is 16.5. The Morgan fingerprint density at radius 2 is 2.04 bits per heavy atom. The van der Waals surface area contributed by atoms with Crippen LogP contribution in [0.15, 0.2) is 67.0 Å². The molecule has 0 saturated heterocycles. The van der Waals surface area contributed by atoms with E-state index in [1.807, 2.05) is 54.6 Å². The van der Waals surface area contributed by atoms with Crippen molar-refractivity contribution in [3.8, 4) is 17.1 Å². The zero-order chi connectivity index (χ0) is 18.6. The number of hydrogen-bond donors (Lipinski definition) is 2. The molecule has 0 unspecified atom stereocenters. The van der Waals surface area contributed by atoms with Crippen molar-refractivity contribution in [3.63, 3.8) is 0 Å². The molecule has 0 aliphatic rings. The number of ether oxygens (including phenoxy) is 1. The molecule has 0 saturated carbocycles. The Morgan fingerprint density at radius 1 is 1.15 bits per heavy atom. The molecule has 6 heteroatoms. The first-order valence-corrected chi connectivity index (χ1v) is 8.55. The molecule has 0 atom stereocenters. The average molecular weight is 358 g/mol. The first kappa shape index (κ1) is 16.8. The summed E-state index contributed by atoms with van der Waals surface area (Å²) in [5, 5.41) is 2.93. The molecule has 1 amide bonds. The molecule has 2 heterocycles. The van der Waals surface area contributed by atoms with Gasteiger partial charge in [0, 0.05) is 29.2 Å². The third-order valence-electron chi connectivity index (χ3n) is 4.24. The lowest BCUT2D eigenvalue weighted by Gasteiger charge is -2.09. The average Bonchev–Trinajstić information content (AvgIpc) is 3.12. The van der Waals surface area contributed by atoms with Crippen LogP contribution in [0.4, 0.5) is 5.69 Å². The molecule has 0 spiro atoms. The van der Waals surface area contributed by atoms with Gasteiger partial charge in [0.05, 0.1) is 24.6 Å². The summed E-state index contributed by atoms with van der Waals surface area (Å²) >= 11 is 0. The van der Waals surface area contributed by atoms with E-state index in [1.54, 1.807) is 19.5 Å². The van der Waals surface area contributed by atoms with Gasteiger partial charge in [0.1, 0.15) is 11.6 Å². The number of H-pyrrole nitrogens is 1. The smallest absolute Gasteiger partial charge is 0.228 e. The molecule has 2 N–H and O–H groups in total. The van der Waals surface area contributed by atoms with Gasteiger partial charge in [-0.1, -0.05) is 18.2 Å². The van der Waals surface area contributed by atoms with Crippen molar-refractivity contribution in [2.75, 3.05) is 12.4 Å². The SMILES string of the molecule is COc1ccccc1CC(=O)Nc1ccc2nc(-c3cccnc3)[nH]c2c1. The number of benzene rings is 2. The Kier molecular flexibility index (Phi) is 4.53. The van der Waals surface area contributed by atoms with Gasteiger partial charge in [-0.05, 0) is 36.4 Å². The summed E-state index contributed by atoms with van der Waals surface area (Å²) in [4.78, 5) is 24.4. The Bertz CT molecular complexity index is 1090. The minimum atomic E-state index is -0.106. The number of aromatic amines is 1. The Labute approximate surface area is 156 Å². The van der Waals surface area contributed by atoms with Crippen molar-refractivity contribution in [2.45, 2.75) is 6.42 Å². The van der Waals surface area contributed by atoms with Crippen LogP contribution in [-0.4, -0.2) is 28.0 Å². The van der Waals surface area contributed by atoms with E-state index in [1.165, 1.54) is 0 Å². The summed E-state index contributed by atoms with van der Waals surface area (Å²) in [5.41, 5.74) is 4.15. The van der Waals surface area contributed by atoms with Crippen LogP contribution < -0.4 is 10.1 Å². The van der Waals surface area contributed by atoms with Crippen molar-refractivity contribution in [2.24, 2.45) is 0 Å². The number of rotatable bonds is 5. The lowest BCUT2D eigenvalue weighted by molar-refractivity contribution is -0.115. The summed E-state index contributed by atoms with van der Waals surface area (Å²) in [6.45, 7) is 0. The third-order valence-corrected chi connectivity index (χ3v) is 4.24. The van der Waals surface area contributed by atoms with Gasteiger partial charge in [0.2, 0.25) is 5.91 Å². The second-order valence-electron chi connectivity index (χ2n) is 6.10. The zero-order valence-corrected chi connectivity index (χ0v) is 14.8. The predicted octanol–water partition coefficient (Wildman–Crippen LogP) is 3.81. The van der Waals surface area contributed by atoms with E-state index in [2.05, 4.69) is 20.3 Å². The number of imidazole rings is 1. The van der Waals surface area contributed by atoms with Crippen molar-refractivity contribution in [1.82, 2.24) is 15.0 Å². The zero-order valence-electron chi connectivity index (χ0n) is 14.8. The van der Waals surface area contributed by atoms with Crippen molar-refractivity contribution >= 4 is 22.6 Å². The monoisotopic (exact) mass is 358 g/mol. The molecule has 0 bridgehead atoms. The molecule has 0 aliphatic carbocycles.